The predicted molar refractivity (Wildman–Crippen MR) is 69.3 cm³/mol. The lowest BCUT2D eigenvalue weighted by molar-refractivity contribution is 0.0674. The molecule has 1 aliphatic heterocycles. The van der Waals surface area contributed by atoms with Gasteiger partial charge in [-0.2, -0.15) is 0 Å². The number of aliphatic hydroxyl groups excluding tert-OH is 1. The lowest BCUT2D eigenvalue weighted by atomic mass is 9.76. The Morgan fingerprint density at radius 3 is 2.71 bits per heavy atom. The summed E-state index contributed by atoms with van der Waals surface area (Å²) in [7, 11) is 0. The Balaban J connectivity index is 1.74. The van der Waals surface area contributed by atoms with Crippen molar-refractivity contribution in [2.45, 2.75) is 38.5 Å². The van der Waals surface area contributed by atoms with E-state index < -0.39 is 0 Å². The molecule has 0 bridgehead atoms. The molecule has 0 aromatic carbocycles. The van der Waals surface area contributed by atoms with Gasteiger partial charge in [0.2, 0.25) is 0 Å². The molecule has 2 aliphatic rings. The van der Waals surface area contributed by atoms with Crippen molar-refractivity contribution in [1.82, 2.24) is 10.4 Å². The molecule has 100 valence electrons. The second-order valence-electron chi connectivity index (χ2n) is 5.80. The number of hydrazine groups is 1. The van der Waals surface area contributed by atoms with Crippen molar-refractivity contribution in [2.75, 3.05) is 32.8 Å². The second kappa shape index (κ2) is 6.14. The van der Waals surface area contributed by atoms with Crippen molar-refractivity contribution in [3.63, 3.8) is 0 Å². The molecule has 1 saturated heterocycles. The van der Waals surface area contributed by atoms with Gasteiger partial charge in [-0.25, -0.2) is 5.01 Å². The van der Waals surface area contributed by atoms with Gasteiger partial charge in [-0.1, -0.05) is 0 Å². The molecule has 1 aliphatic carbocycles. The fourth-order valence-electron chi connectivity index (χ4n) is 3.57. The number of nitrogens with one attached hydrogen (secondary N) is 1. The van der Waals surface area contributed by atoms with Gasteiger partial charge < -0.3 is 10.8 Å². The van der Waals surface area contributed by atoms with Crippen molar-refractivity contribution < 1.29 is 5.11 Å². The molecular formula is C13H27N3O. The molecule has 0 amide bonds. The first-order valence-corrected chi connectivity index (χ1v) is 7.07. The van der Waals surface area contributed by atoms with Crippen molar-refractivity contribution in [3.8, 4) is 0 Å². The summed E-state index contributed by atoms with van der Waals surface area (Å²) in [5, 5.41) is 11.4. The topological polar surface area (TPSA) is 61.5 Å². The van der Waals surface area contributed by atoms with Crippen molar-refractivity contribution >= 4 is 0 Å². The lowest BCUT2D eigenvalue weighted by Gasteiger charge is -2.39. The standard InChI is InChI=1S/C13H27N3O/c14-6-7-15-16-8-4-13(5-9-16)3-1-12(11-13)2-10-17/h12,15,17H,1-11,14H2. The molecule has 1 heterocycles. The molecule has 2 fully saturated rings. The Bertz CT molecular complexity index is 227. The first kappa shape index (κ1) is 13.3. The van der Waals surface area contributed by atoms with Gasteiger partial charge in [-0.15, -0.1) is 0 Å². The van der Waals surface area contributed by atoms with E-state index in [0.717, 1.165) is 32.0 Å². The number of hydrogen-bond acceptors (Lipinski definition) is 4. The zero-order valence-electron chi connectivity index (χ0n) is 10.8. The van der Waals surface area contributed by atoms with E-state index in [4.69, 9.17) is 10.8 Å². The molecule has 1 atom stereocenters. The van der Waals surface area contributed by atoms with E-state index >= 15 is 0 Å². The summed E-state index contributed by atoms with van der Waals surface area (Å²) in [5.41, 5.74) is 9.48. The Labute approximate surface area is 105 Å². The average Bonchev–Trinajstić information content (AvgIpc) is 2.73. The number of hydrogen-bond donors (Lipinski definition) is 3. The zero-order chi connectivity index (χ0) is 12.1. The summed E-state index contributed by atoms with van der Waals surface area (Å²) in [4.78, 5) is 0. The molecule has 0 radical (unpaired) electrons. The van der Waals surface area contributed by atoms with E-state index in [9.17, 15) is 0 Å². The van der Waals surface area contributed by atoms with E-state index in [-0.39, 0.29) is 0 Å². The summed E-state index contributed by atoms with van der Waals surface area (Å²) in [6.45, 7) is 4.28. The predicted octanol–water partition coefficient (Wildman–Crippen LogP) is 0.714. The summed E-state index contributed by atoms with van der Waals surface area (Å²) < 4.78 is 0. The van der Waals surface area contributed by atoms with Crippen LogP contribution in [0.25, 0.3) is 0 Å². The Kier molecular flexibility index (Phi) is 4.79. The van der Waals surface area contributed by atoms with E-state index in [1.807, 2.05) is 0 Å². The van der Waals surface area contributed by atoms with Gasteiger partial charge in [0, 0.05) is 32.8 Å². The van der Waals surface area contributed by atoms with Crippen LogP contribution >= 0.6 is 0 Å². The maximum Gasteiger partial charge on any atom is 0.0433 e. The molecule has 1 unspecified atom stereocenters. The van der Waals surface area contributed by atoms with Crippen LogP contribution in [0.5, 0.6) is 0 Å². The molecule has 4 N–H and O–H groups in total. The van der Waals surface area contributed by atoms with E-state index in [2.05, 4.69) is 10.4 Å². The number of nitrogens with zero attached hydrogens (tertiary/aromatic N) is 1. The third-order valence-corrected chi connectivity index (χ3v) is 4.65. The fourth-order valence-corrected chi connectivity index (χ4v) is 3.57. The Morgan fingerprint density at radius 2 is 2.06 bits per heavy atom. The van der Waals surface area contributed by atoms with Gasteiger partial charge in [0.1, 0.15) is 0 Å². The fraction of sp³-hybridized carbons (Fsp3) is 1.00. The highest BCUT2D eigenvalue weighted by Crippen LogP contribution is 2.49. The first-order valence-electron chi connectivity index (χ1n) is 7.07. The maximum atomic E-state index is 9.02. The van der Waals surface area contributed by atoms with Crippen LogP contribution in [0.1, 0.15) is 38.5 Å². The van der Waals surface area contributed by atoms with Gasteiger partial charge in [0.15, 0.2) is 0 Å². The third-order valence-electron chi connectivity index (χ3n) is 4.65. The van der Waals surface area contributed by atoms with Crippen LogP contribution in [0.15, 0.2) is 0 Å². The van der Waals surface area contributed by atoms with Crippen molar-refractivity contribution in [2.24, 2.45) is 17.1 Å². The minimum Gasteiger partial charge on any atom is -0.396 e. The molecule has 4 heteroatoms. The van der Waals surface area contributed by atoms with Crippen LogP contribution in [0.4, 0.5) is 0 Å². The van der Waals surface area contributed by atoms with E-state index in [1.165, 1.54) is 32.1 Å². The molecule has 1 spiro atoms. The smallest absolute Gasteiger partial charge is 0.0433 e. The summed E-state index contributed by atoms with van der Waals surface area (Å²) in [6.07, 6.45) is 7.69. The second-order valence-corrected chi connectivity index (χ2v) is 5.80. The summed E-state index contributed by atoms with van der Waals surface area (Å²) in [5.74, 6) is 0.781. The van der Waals surface area contributed by atoms with Crippen molar-refractivity contribution in [3.05, 3.63) is 0 Å². The molecule has 2 rings (SSSR count). The van der Waals surface area contributed by atoms with Crippen LogP contribution in [0.3, 0.4) is 0 Å². The molecule has 1 saturated carbocycles. The first-order chi connectivity index (χ1) is 8.28. The quantitative estimate of drug-likeness (QED) is 0.663. The Morgan fingerprint density at radius 1 is 1.29 bits per heavy atom. The third kappa shape index (κ3) is 3.41. The van der Waals surface area contributed by atoms with Gasteiger partial charge in [0.25, 0.3) is 0 Å². The van der Waals surface area contributed by atoms with Crippen LogP contribution in [-0.4, -0.2) is 42.9 Å². The molecular weight excluding hydrogens is 214 g/mol. The molecule has 17 heavy (non-hydrogen) atoms. The van der Waals surface area contributed by atoms with Gasteiger partial charge in [-0.05, 0) is 49.9 Å². The highest BCUT2D eigenvalue weighted by Gasteiger charge is 2.40. The monoisotopic (exact) mass is 241 g/mol. The SMILES string of the molecule is NCCNN1CCC2(CCC(CCO)C2)CC1. The number of rotatable bonds is 5. The number of nitrogens with two attached hydrogens (primary N) is 1. The zero-order valence-corrected chi connectivity index (χ0v) is 10.8. The van der Waals surface area contributed by atoms with Crippen molar-refractivity contribution in [1.29, 1.82) is 0 Å². The van der Waals surface area contributed by atoms with E-state index in [1.54, 1.807) is 0 Å². The van der Waals surface area contributed by atoms with Crippen LogP contribution in [0, 0.1) is 11.3 Å². The van der Waals surface area contributed by atoms with Crippen LogP contribution < -0.4 is 11.2 Å². The largest absolute Gasteiger partial charge is 0.396 e. The van der Waals surface area contributed by atoms with E-state index in [0.29, 0.717) is 18.6 Å². The van der Waals surface area contributed by atoms with Crippen LogP contribution in [-0.2, 0) is 0 Å². The normalized spacial score (nSPS) is 28.9. The number of piperidine rings is 1. The van der Waals surface area contributed by atoms with Crippen LogP contribution in [0.2, 0.25) is 0 Å². The minimum atomic E-state index is 0.366. The summed E-state index contributed by atoms with van der Waals surface area (Å²) >= 11 is 0. The van der Waals surface area contributed by atoms with Gasteiger partial charge in [0.05, 0.1) is 0 Å². The van der Waals surface area contributed by atoms with Gasteiger partial charge >= 0.3 is 0 Å². The lowest BCUT2D eigenvalue weighted by Crippen LogP contribution is -2.47. The summed E-state index contributed by atoms with van der Waals surface area (Å²) in [6, 6.07) is 0. The highest BCUT2D eigenvalue weighted by molar-refractivity contribution is 4.92. The Hall–Kier alpha value is -0.160. The van der Waals surface area contributed by atoms with Gasteiger partial charge in [-0.3, -0.25) is 5.43 Å². The molecule has 4 nitrogen and oxygen atoms in total. The number of aliphatic hydroxyl groups is 1. The molecule has 0 aromatic rings. The maximum absolute atomic E-state index is 9.02. The average molecular weight is 241 g/mol. The highest BCUT2D eigenvalue weighted by atomic mass is 16.3. The molecule has 0 aromatic heterocycles. The minimum absolute atomic E-state index is 0.366.